The number of aromatic nitrogens is 3. The molecule has 0 aliphatic carbocycles. The smallest absolute Gasteiger partial charge is 0.326 e. The summed E-state index contributed by atoms with van der Waals surface area (Å²) in [5, 5.41) is 28.3. The summed E-state index contributed by atoms with van der Waals surface area (Å²) in [5.41, 5.74) is 13.8. The number of rotatable bonds is 16. The molecule has 0 fully saturated rings. The van der Waals surface area contributed by atoms with Crippen LogP contribution in [0, 0.1) is 0 Å². The van der Waals surface area contributed by atoms with Gasteiger partial charge in [-0.3, -0.25) is 14.4 Å². The number of carbonyl (C=O) groups is 4. The fraction of sp³-hybridized carbons (Fsp3) is 0.444. The fourth-order valence-corrected chi connectivity index (χ4v) is 4.41. The van der Waals surface area contributed by atoms with Crippen LogP contribution in [0.25, 0.3) is 10.9 Å². The number of H-pyrrole nitrogens is 2. The summed E-state index contributed by atoms with van der Waals surface area (Å²) in [5.74, 6) is -3.49. The van der Waals surface area contributed by atoms with Crippen LogP contribution in [0.5, 0.6) is 0 Å². The number of aromatic amines is 2. The van der Waals surface area contributed by atoms with Gasteiger partial charge in [-0.2, -0.15) is 0 Å². The van der Waals surface area contributed by atoms with Gasteiger partial charge in [-0.05, 0) is 50.8 Å². The lowest BCUT2D eigenvalue weighted by Gasteiger charge is -2.26. The summed E-state index contributed by atoms with van der Waals surface area (Å²) >= 11 is 0. The van der Waals surface area contributed by atoms with Crippen LogP contribution in [0.15, 0.2) is 43.0 Å². The third-order valence-corrected chi connectivity index (χ3v) is 6.69. The lowest BCUT2D eigenvalue weighted by atomic mass is 10.0. The number of hydrogen-bond donors (Lipinski definition) is 9. The molecular weight excluding hydrogens is 532 g/mol. The Balaban J connectivity index is 1.69. The number of benzene rings is 1. The van der Waals surface area contributed by atoms with Crippen LogP contribution in [0.3, 0.4) is 0 Å². The van der Waals surface area contributed by atoms with Gasteiger partial charge in [0.15, 0.2) is 0 Å². The van der Waals surface area contributed by atoms with Crippen LogP contribution in [0.1, 0.15) is 37.4 Å². The van der Waals surface area contributed by atoms with Gasteiger partial charge in [0.25, 0.3) is 0 Å². The first-order valence-electron chi connectivity index (χ1n) is 13.4. The number of carboxylic acid groups (broad SMARTS) is 1. The molecule has 14 nitrogen and oxygen atoms in total. The number of aliphatic carboxylic acids is 1. The summed E-state index contributed by atoms with van der Waals surface area (Å²) < 4.78 is 0. The Hall–Kier alpha value is -4.27. The van der Waals surface area contributed by atoms with Gasteiger partial charge in [-0.1, -0.05) is 18.2 Å². The summed E-state index contributed by atoms with van der Waals surface area (Å²) in [6, 6.07) is 2.65. The van der Waals surface area contributed by atoms with E-state index in [0.29, 0.717) is 25.1 Å². The van der Waals surface area contributed by atoms with E-state index in [1.54, 1.807) is 6.20 Å². The van der Waals surface area contributed by atoms with Gasteiger partial charge in [0.2, 0.25) is 17.7 Å². The number of aliphatic hydroxyl groups excluding tert-OH is 1. The summed E-state index contributed by atoms with van der Waals surface area (Å²) in [6.45, 7) is 1.70. The summed E-state index contributed by atoms with van der Waals surface area (Å²) in [6.07, 6.45) is 4.64. The van der Waals surface area contributed by atoms with Crippen molar-refractivity contribution in [3.8, 4) is 0 Å². The molecule has 11 N–H and O–H groups in total. The minimum absolute atomic E-state index is 0.0483. The minimum Gasteiger partial charge on any atom is -0.480 e. The maximum absolute atomic E-state index is 13.2. The zero-order valence-electron chi connectivity index (χ0n) is 22.8. The van der Waals surface area contributed by atoms with Crippen molar-refractivity contribution in [2.24, 2.45) is 11.5 Å². The van der Waals surface area contributed by atoms with Crippen LogP contribution < -0.4 is 27.4 Å². The molecule has 1 aromatic carbocycles. The number of nitrogens with one attached hydrogen (secondary N) is 5. The molecule has 0 saturated carbocycles. The third-order valence-electron chi connectivity index (χ3n) is 6.69. The topological polar surface area (TPSA) is 241 Å². The first-order valence-corrected chi connectivity index (χ1v) is 13.4. The molecule has 2 aromatic heterocycles. The average molecular weight is 571 g/mol. The molecule has 0 spiro atoms. The van der Waals surface area contributed by atoms with Gasteiger partial charge >= 0.3 is 5.97 Å². The second kappa shape index (κ2) is 14.9. The Kier molecular flexibility index (Phi) is 11.4. The van der Waals surface area contributed by atoms with Gasteiger partial charge in [0.05, 0.1) is 18.5 Å². The van der Waals surface area contributed by atoms with Crippen LogP contribution in [0.2, 0.25) is 0 Å². The van der Waals surface area contributed by atoms with E-state index in [1.807, 2.05) is 24.3 Å². The Bertz CT molecular complexity index is 1310. The molecule has 0 aliphatic rings. The van der Waals surface area contributed by atoms with Crippen molar-refractivity contribution in [2.45, 2.75) is 69.3 Å². The molecule has 0 bridgehead atoms. The highest BCUT2D eigenvalue weighted by Gasteiger charge is 2.33. The maximum atomic E-state index is 13.2. The van der Waals surface area contributed by atoms with Crippen molar-refractivity contribution in [1.29, 1.82) is 0 Å². The van der Waals surface area contributed by atoms with Gasteiger partial charge in [0, 0.05) is 35.4 Å². The minimum atomic E-state index is -1.44. The van der Waals surface area contributed by atoms with Crippen molar-refractivity contribution in [3.63, 3.8) is 0 Å². The lowest BCUT2D eigenvalue weighted by Crippen LogP contribution is -2.60. The van der Waals surface area contributed by atoms with Crippen molar-refractivity contribution in [2.75, 3.05) is 6.54 Å². The quantitative estimate of drug-likeness (QED) is 0.0963. The first-order chi connectivity index (χ1) is 19.6. The van der Waals surface area contributed by atoms with Crippen molar-refractivity contribution in [3.05, 3.63) is 54.2 Å². The van der Waals surface area contributed by atoms with E-state index in [1.165, 1.54) is 19.4 Å². The molecular formula is C27H38N8O6. The molecule has 2 heterocycles. The molecule has 41 heavy (non-hydrogen) atoms. The molecule has 5 atom stereocenters. The Morgan fingerprint density at radius 1 is 0.976 bits per heavy atom. The summed E-state index contributed by atoms with van der Waals surface area (Å²) in [4.78, 5) is 60.9. The van der Waals surface area contributed by atoms with E-state index in [0.717, 1.165) is 16.5 Å². The van der Waals surface area contributed by atoms with Crippen molar-refractivity contribution < 1.29 is 29.4 Å². The Morgan fingerprint density at radius 2 is 1.71 bits per heavy atom. The first kappa shape index (κ1) is 31.3. The van der Waals surface area contributed by atoms with Gasteiger partial charge < -0.3 is 47.6 Å². The largest absolute Gasteiger partial charge is 0.480 e. The number of nitrogens with zero attached hydrogens (tertiary/aromatic N) is 1. The van der Waals surface area contributed by atoms with Crippen molar-refractivity contribution >= 4 is 34.6 Å². The molecule has 3 rings (SSSR count). The highest BCUT2D eigenvalue weighted by atomic mass is 16.4. The van der Waals surface area contributed by atoms with Crippen LogP contribution in [-0.4, -0.2) is 85.7 Å². The standard InChI is InChI=1S/C27H38N8O6/c1-15(36)23(35-24(37)19(29)10-16-12-31-20-7-3-2-6-18(16)20)26(39)34-22(11-17-13-30-14-32-17)25(38)33-21(27(40)41)8-4-5-9-28/h2-3,6-7,12-15,19,21-23,31,36H,4-5,8-11,28-29H2,1H3,(H,30,32)(H,33,38)(H,34,39)(H,35,37)(H,40,41). The van der Waals surface area contributed by atoms with E-state index in [4.69, 9.17) is 11.5 Å². The zero-order chi connectivity index (χ0) is 29.9. The van der Waals surface area contributed by atoms with E-state index in [-0.39, 0.29) is 19.3 Å². The fourth-order valence-electron chi connectivity index (χ4n) is 4.41. The highest BCUT2D eigenvalue weighted by molar-refractivity contribution is 5.94. The highest BCUT2D eigenvalue weighted by Crippen LogP contribution is 2.19. The number of para-hydroxylation sites is 1. The number of imidazole rings is 1. The SMILES string of the molecule is CC(O)C(NC(=O)C(N)Cc1c[nH]c2ccccc12)C(=O)NC(Cc1cnc[nH]1)C(=O)NC(CCCCN)C(=O)O. The Morgan fingerprint density at radius 3 is 2.37 bits per heavy atom. The molecule has 14 heteroatoms. The van der Waals surface area contributed by atoms with Gasteiger partial charge in [-0.15, -0.1) is 0 Å². The van der Waals surface area contributed by atoms with Gasteiger partial charge in [0.1, 0.15) is 18.1 Å². The number of fused-ring (bicyclic) bond motifs is 1. The monoisotopic (exact) mass is 570 g/mol. The van der Waals surface area contributed by atoms with Crippen LogP contribution in [-0.2, 0) is 32.0 Å². The number of amides is 3. The molecule has 3 aromatic rings. The molecule has 3 amide bonds. The average Bonchev–Trinajstić information content (AvgIpc) is 3.60. The Labute approximate surface area is 236 Å². The lowest BCUT2D eigenvalue weighted by molar-refractivity contribution is -0.142. The van der Waals surface area contributed by atoms with Crippen LogP contribution in [0.4, 0.5) is 0 Å². The second-order valence-corrected chi connectivity index (χ2v) is 9.92. The van der Waals surface area contributed by atoms with Crippen LogP contribution >= 0.6 is 0 Å². The molecule has 5 unspecified atom stereocenters. The molecule has 0 aliphatic heterocycles. The number of aliphatic hydroxyl groups is 1. The number of hydrogen-bond acceptors (Lipinski definition) is 8. The number of unbranched alkanes of at least 4 members (excludes halogenated alkanes) is 1. The van der Waals surface area contributed by atoms with Crippen molar-refractivity contribution in [1.82, 2.24) is 30.9 Å². The molecule has 0 saturated heterocycles. The zero-order valence-corrected chi connectivity index (χ0v) is 22.8. The second-order valence-electron chi connectivity index (χ2n) is 9.92. The number of carbonyl (C=O) groups excluding carboxylic acids is 3. The number of nitrogens with two attached hydrogens (primary N) is 2. The van der Waals surface area contributed by atoms with E-state index in [9.17, 15) is 29.4 Å². The predicted molar refractivity (Wildman–Crippen MR) is 150 cm³/mol. The third kappa shape index (κ3) is 8.86. The summed E-state index contributed by atoms with van der Waals surface area (Å²) in [7, 11) is 0. The molecule has 222 valence electrons. The number of carboxylic acids is 1. The normalized spacial score (nSPS) is 14.9. The predicted octanol–water partition coefficient (Wildman–Crippen LogP) is -0.948. The van der Waals surface area contributed by atoms with Gasteiger partial charge in [-0.25, -0.2) is 9.78 Å². The molecule has 0 radical (unpaired) electrons. The van der Waals surface area contributed by atoms with E-state index >= 15 is 0 Å². The van der Waals surface area contributed by atoms with E-state index < -0.39 is 54.0 Å². The van der Waals surface area contributed by atoms with E-state index in [2.05, 4.69) is 30.9 Å². The maximum Gasteiger partial charge on any atom is 0.326 e.